The van der Waals surface area contributed by atoms with E-state index in [1.807, 2.05) is 41.8 Å². The van der Waals surface area contributed by atoms with Crippen LogP contribution >= 0.6 is 0 Å². The lowest BCUT2D eigenvalue weighted by Crippen LogP contribution is -2.41. The maximum Gasteiger partial charge on any atom is 0.255 e. The highest BCUT2D eigenvalue weighted by Gasteiger charge is 2.34. The van der Waals surface area contributed by atoms with Gasteiger partial charge in [0.25, 0.3) is 5.91 Å². The molecule has 1 amide bonds. The first-order valence-corrected chi connectivity index (χ1v) is 10.7. The first-order chi connectivity index (χ1) is 13.0. The van der Waals surface area contributed by atoms with Crippen molar-refractivity contribution in [1.29, 1.82) is 0 Å². The summed E-state index contributed by atoms with van der Waals surface area (Å²) >= 11 is 0. The van der Waals surface area contributed by atoms with E-state index >= 15 is 0 Å². The minimum Gasteiger partial charge on any atom is -0.335 e. The maximum absolute atomic E-state index is 13.0. The molecule has 3 aromatic rings. The van der Waals surface area contributed by atoms with Crippen molar-refractivity contribution >= 4 is 26.9 Å². The number of nitrogens with zero attached hydrogens (tertiary/aromatic N) is 4. The van der Waals surface area contributed by atoms with E-state index in [1.165, 1.54) is 6.20 Å². The zero-order chi connectivity index (χ0) is 19.0. The van der Waals surface area contributed by atoms with Crippen LogP contribution in [-0.2, 0) is 9.84 Å². The number of amides is 1. The number of fused-ring (bicyclic) bond motifs is 1. The lowest BCUT2D eigenvalue weighted by Gasteiger charge is -2.26. The summed E-state index contributed by atoms with van der Waals surface area (Å²) in [7, 11) is -3.05. The number of pyridine rings is 1. The van der Waals surface area contributed by atoms with Crippen molar-refractivity contribution in [2.75, 3.05) is 18.1 Å². The van der Waals surface area contributed by atoms with Gasteiger partial charge < -0.3 is 4.90 Å². The minimum absolute atomic E-state index is 0.0326. The second-order valence-electron chi connectivity index (χ2n) is 6.66. The Kier molecular flexibility index (Phi) is 4.43. The molecule has 0 saturated carbocycles. The number of para-hydroxylation sites is 1. The van der Waals surface area contributed by atoms with E-state index < -0.39 is 9.84 Å². The molecule has 8 heteroatoms. The van der Waals surface area contributed by atoms with Crippen LogP contribution in [0.5, 0.6) is 0 Å². The Morgan fingerprint density at radius 2 is 2.04 bits per heavy atom. The molecule has 1 atom stereocenters. The highest BCUT2D eigenvalue weighted by molar-refractivity contribution is 7.91. The summed E-state index contributed by atoms with van der Waals surface area (Å²) < 4.78 is 25.4. The third kappa shape index (κ3) is 3.32. The molecule has 7 nitrogen and oxygen atoms in total. The van der Waals surface area contributed by atoms with E-state index in [0.29, 0.717) is 29.7 Å². The molecule has 140 valence electrons. The molecule has 0 N–H and O–H groups in total. The Morgan fingerprint density at radius 3 is 2.70 bits per heavy atom. The lowest BCUT2D eigenvalue weighted by atomic mass is 10.1. The first-order valence-electron chi connectivity index (χ1n) is 8.88. The standard InChI is InChI=1S/C19H20N4O3S/c1-2-22(16-8-9-27(25,26)12-16)19(24)14-10-17-18(20-11-14)23(13-21-17)15-6-4-3-5-7-15/h3-7,10-11,13,16H,2,8-9,12H2,1H3. The van der Waals surface area contributed by atoms with E-state index in [2.05, 4.69) is 9.97 Å². The Bertz CT molecular complexity index is 1090. The van der Waals surface area contributed by atoms with E-state index in [1.54, 1.807) is 17.3 Å². The van der Waals surface area contributed by atoms with E-state index in [-0.39, 0.29) is 23.5 Å². The van der Waals surface area contributed by atoms with E-state index in [9.17, 15) is 13.2 Å². The van der Waals surface area contributed by atoms with Gasteiger partial charge in [-0.05, 0) is 31.5 Å². The van der Waals surface area contributed by atoms with Gasteiger partial charge in [0.15, 0.2) is 15.5 Å². The molecule has 0 spiro atoms. The average Bonchev–Trinajstić information content (AvgIpc) is 3.25. The Balaban J connectivity index is 1.65. The van der Waals surface area contributed by atoms with Gasteiger partial charge in [0, 0.05) is 24.5 Å². The molecule has 2 aromatic heterocycles. The summed E-state index contributed by atoms with van der Waals surface area (Å²) in [6, 6.07) is 11.2. The van der Waals surface area contributed by atoms with Crippen molar-refractivity contribution in [2.45, 2.75) is 19.4 Å². The van der Waals surface area contributed by atoms with Crippen LogP contribution in [0.15, 0.2) is 48.9 Å². The number of aromatic nitrogens is 3. The number of hydrogen-bond donors (Lipinski definition) is 0. The summed E-state index contributed by atoms with van der Waals surface area (Å²) in [4.78, 5) is 23.4. The smallest absolute Gasteiger partial charge is 0.255 e. The van der Waals surface area contributed by atoms with E-state index in [0.717, 1.165) is 5.69 Å². The predicted molar refractivity (Wildman–Crippen MR) is 103 cm³/mol. The zero-order valence-corrected chi connectivity index (χ0v) is 15.8. The monoisotopic (exact) mass is 384 g/mol. The van der Waals surface area contributed by atoms with Gasteiger partial charge in [-0.1, -0.05) is 18.2 Å². The molecule has 1 fully saturated rings. The maximum atomic E-state index is 13.0. The Labute approximate surface area is 157 Å². The van der Waals surface area contributed by atoms with Crippen molar-refractivity contribution in [3.63, 3.8) is 0 Å². The van der Waals surface area contributed by atoms with Crippen molar-refractivity contribution in [2.24, 2.45) is 0 Å². The van der Waals surface area contributed by atoms with Gasteiger partial charge in [0.2, 0.25) is 0 Å². The lowest BCUT2D eigenvalue weighted by molar-refractivity contribution is 0.0708. The third-order valence-corrected chi connectivity index (χ3v) is 6.67. The number of rotatable bonds is 4. The number of imidazole rings is 1. The van der Waals surface area contributed by atoms with Crippen LogP contribution in [0.4, 0.5) is 0 Å². The van der Waals surface area contributed by atoms with Crippen LogP contribution in [0.25, 0.3) is 16.9 Å². The van der Waals surface area contributed by atoms with Gasteiger partial charge in [-0.15, -0.1) is 0 Å². The molecule has 0 radical (unpaired) electrons. The summed E-state index contributed by atoms with van der Waals surface area (Å²) in [5, 5.41) is 0. The van der Waals surface area contributed by atoms with Crippen LogP contribution in [0, 0.1) is 0 Å². The van der Waals surface area contributed by atoms with Crippen LogP contribution in [0.3, 0.4) is 0 Å². The molecule has 0 bridgehead atoms. The van der Waals surface area contributed by atoms with Crippen molar-refractivity contribution < 1.29 is 13.2 Å². The van der Waals surface area contributed by atoms with Gasteiger partial charge in [0.05, 0.1) is 17.1 Å². The molecule has 1 saturated heterocycles. The molecule has 1 unspecified atom stereocenters. The number of carbonyl (C=O) groups is 1. The van der Waals surface area contributed by atoms with Crippen LogP contribution in [-0.4, -0.2) is 57.9 Å². The summed E-state index contributed by atoms with van der Waals surface area (Å²) in [5.41, 5.74) is 2.66. The van der Waals surface area contributed by atoms with Gasteiger partial charge in [-0.2, -0.15) is 0 Å². The van der Waals surface area contributed by atoms with E-state index in [4.69, 9.17) is 0 Å². The quantitative estimate of drug-likeness (QED) is 0.687. The van der Waals surface area contributed by atoms with Crippen LogP contribution in [0.2, 0.25) is 0 Å². The molecule has 1 aliphatic rings. The number of benzene rings is 1. The zero-order valence-electron chi connectivity index (χ0n) is 14.9. The van der Waals surface area contributed by atoms with Crippen LogP contribution < -0.4 is 0 Å². The number of sulfone groups is 1. The molecular weight excluding hydrogens is 364 g/mol. The normalized spacial score (nSPS) is 18.6. The highest BCUT2D eigenvalue weighted by Crippen LogP contribution is 2.22. The predicted octanol–water partition coefficient (Wildman–Crippen LogP) is 2.07. The first kappa shape index (κ1) is 17.7. The highest BCUT2D eigenvalue weighted by atomic mass is 32.2. The third-order valence-electron chi connectivity index (χ3n) is 4.92. The largest absolute Gasteiger partial charge is 0.335 e. The topological polar surface area (TPSA) is 85.2 Å². The molecule has 1 aliphatic heterocycles. The fraction of sp³-hybridized carbons (Fsp3) is 0.316. The SMILES string of the molecule is CCN(C(=O)c1cnc2c(c1)ncn2-c1ccccc1)C1CCS(=O)(=O)C1. The van der Waals surface area contributed by atoms with Gasteiger partial charge in [-0.25, -0.2) is 18.4 Å². The van der Waals surface area contributed by atoms with Gasteiger partial charge in [-0.3, -0.25) is 9.36 Å². The van der Waals surface area contributed by atoms with Crippen LogP contribution in [0.1, 0.15) is 23.7 Å². The molecule has 4 rings (SSSR count). The fourth-order valence-electron chi connectivity index (χ4n) is 3.55. The van der Waals surface area contributed by atoms with Crippen molar-refractivity contribution in [3.05, 3.63) is 54.5 Å². The van der Waals surface area contributed by atoms with Crippen molar-refractivity contribution in [3.8, 4) is 5.69 Å². The summed E-state index contributed by atoms with van der Waals surface area (Å²) in [6.45, 7) is 2.31. The molecule has 3 heterocycles. The number of carbonyl (C=O) groups excluding carboxylic acids is 1. The summed E-state index contributed by atoms with van der Waals surface area (Å²) in [5.74, 6) is -0.0336. The minimum atomic E-state index is -3.05. The second-order valence-corrected chi connectivity index (χ2v) is 8.89. The number of hydrogen-bond acceptors (Lipinski definition) is 5. The molecule has 0 aliphatic carbocycles. The van der Waals surface area contributed by atoms with Crippen molar-refractivity contribution in [1.82, 2.24) is 19.4 Å². The second kappa shape index (κ2) is 6.77. The van der Waals surface area contributed by atoms with Gasteiger partial charge >= 0.3 is 0 Å². The summed E-state index contributed by atoms with van der Waals surface area (Å²) in [6.07, 6.45) is 3.71. The van der Waals surface area contributed by atoms with Gasteiger partial charge in [0.1, 0.15) is 11.8 Å². The molecule has 27 heavy (non-hydrogen) atoms. The fourth-order valence-corrected chi connectivity index (χ4v) is 5.28. The Hall–Kier alpha value is -2.74. The molecular formula is C19H20N4O3S. The Morgan fingerprint density at radius 1 is 1.26 bits per heavy atom. The average molecular weight is 384 g/mol. The molecule has 1 aromatic carbocycles.